The molecule has 0 unspecified atom stereocenters. The monoisotopic (exact) mass is 210 g/mol. The van der Waals surface area contributed by atoms with Gasteiger partial charge in [0.05, 0.1) is 6.54 Å². The van der Waals surface area contributed by atoms with Gasteiger partial charge in [-0.15, -0.1) is 0 Å². The fourth-order valence-corrected chi connectivity index (χ4v) is 2.25. The maximum atomic E-state index is 12.8. The van der Waals surface area contributed by atoms with Crippen LogP contribution in [0.2, 0.25) is 0 Å². The fraction of sp³-hybridized carbons (Fsp3) is 0.500. The fourth-order valence-electron chi connectivity index (χ4n) is 2.25. The predicted molar refractivity (Wildman–Crippen MR) is 55.9 cm³/mol. The van der Waals surface area contributed by atoms with Gasteiger partial charge in [0.1, 0.15) is 5.82 Å². The standard InChI is InChI=1S/C12H16FNO/c13-11-3-1-10(2-4-11)12(9-14)5-7-15-8-6-12/h1-4H,5-9,14H2/p+1. The molecule has 0 aliphatic carbocycles. The van der Waals surface area contributed by atoms with Gasteiger partial charge in [-0.3, -0.25) is 0 Å². The van der Waals surface area contributed by atoms with Crippen molar-refractivity contribution in [2.45, 2.75) is 18.3 Å². The lowest BCUT2D eigenvalue weighted by atomic mass is 9.74. The minimum atomic E-state index is -0.176. The van der Waals surface area contributed by atoms with E-state index in [9.17, 15) is 4.39 Å². The molecule has 0 atom stereocenters. The van der Waals surface area contributed by atoms with Crippen molar-refractivity contribution in [2.24, 2.45) is 0 Å². The molecule has 0 bridgehead atoms. The van der Waals surface area contributed by atoms with Gasteiger partial charge in [0.2, 0.25) is 0 Å². The summed E-state index contributed by atoms with van der Waals surface area (Å²) in [4.78, 5) is 0. The molecular weight excluding hydrogens is 193 g/mol. The number of ether oxygens (including phenoxy) is 1. The van der Waals surface area contributed by atoms with Gasteiger partial charge in [0.15, 0.2) is 0 Å². The number of hydrogen-bond donors (Lipinski definition) is 1. The molecule has 1 aliphatic heterocycles. The van der Waals surface area contributed by atoms with Crippen molar-refractivity contribution in [1.29, 1.82) is 0 Å². The molecule has 15 heavy (non-hydrogen) atoms. The van der Waals surface area contributed by atoms with Crippen LogP contribution in [0.1, 0.15) is 18.4 Å². The van der Waals surface area contributed by atoms with E-state index in [1.165, 1.54) is 17.7 Å². The summed E-state index contributed by atoms with van der Waals surface area (Å²) in [7, 11) is 0. The van der Waals surface area contributed by atoms with Gasteiger partial charge in [-0.05, 0) is 30.5 Å². The lowest BCUT2D eigenvalue weighted by Crippen LogP contribution is -2.61. The summed E-state index contributed by atoms with van der Waals surface area (Å²) in [5.74, 6) is -0.176. The zero-order chi connectivity index (χ0) is 10.7. The van der Waals surface area contributed by atoms with Crippen LogP contribution in [0.25, 0.3) is 0 Å². The molecule has 2 rings (SSSR count). The Morgan fingerprint density at radius 3 is 2.33 bits per heavy atom. The highest BCUT2D eigenvalue weighted by molar-refractivity contribution is 5.26. The second kappa shape index (κ2) is 4.29. The Morgan fingerprint density at radius 2 is 1.80 bits per heavy atom. The molecule has 1 aliphatic rings. The maximum absolute atomic E-state index is 12.8. The smallest absolute Gasteiger partial charge is 0.123 e. The molecule has 1 heterocycles. The SMILES string of the molecule is [NH3+]CC1(c2ccc(F)cc2)CCOCC1. The molecule has 3 N–H and O–H groups in total. The molecule has 0 saturated carbocycles. The minimum absolute atomic E-state index is 0.103. The van der Waals surface area contributed by atoms with Crippen LogP contribution in [-0.4, -0.2) is 19.8 Å². The van der Waals surface area contributed by atoms with Crippen molar-refractivity contribution >= 4 is 0 Å². The third kappa shape index (κ3) is 2.03. The Kier molecular flexibility index (Phi) is 3.03. The quantitative estimate of drug-likeness (QED) is 0.780. The zero-order valence-corrected chi connectivity index (χ0v) is 8.84. The van der Waals surface area contributed by atoms with Crippen molar-refractivity contribution in [3.8, 4) is 0 Å². The number of quaternary nitrogens is 1. The third-order valence-electron chi connectivity index (χ3n) is 3.39. The minimum Gasteiger partial charge on any atom is -0.381 e. The molecule has 1 aromatic carbocycles. The Balaban J connectivity index is 2.28. The van der Waals surface area contributed by atoms with Gasteiger partial charge in [0, 0.05) is 18.6 Å². The van der Waals surface area contributed by atoms with Gasteiger partial charge in [-0.25, -0.2) is 4.39 Å². The zero-order valence-electron chi connectivity index (χ0n) is 8.84. The van der Waals surface area contributed by atoms with Crippen LogP contribution in [0.3, 0.4) is 0 Å². The average molecular weight is 210 g/mol. The first kappa shape index (κ1) is 10.6. The Morgan fingerprint density at radius 1 is 1.20 bits per heavy atom. The summed E-state index contributed by atoms with van der Waals surface area (Å²) in [6, 6.07) is 6.82. The highest BCUT2D eigenvalue weighted by Gasteiger charge is 2.34. The number of halogens is 1. The van der Waals surface area contributed by atoms with E-state index in [-0.39, 0.29) is 11.2 Å². The maximum Gasteiger partial charge on any atom is 0.123 e. The van der Waals surface area contributed by atoms with E-state index in [4.69, 9.17) is 4.74 Å². The second-order valence-corrected chi connectivity index (χ2v) is 4.15. The number of benzene rings is 1. The van der Waals surface area contributed by atoms with Crippen LogP contribution in [0, 0.1) is 5.82 Å². The normalized spacial score (nSPS) is 20.1. The van der Waals surface area contributed by atoms with E-state index in [0.29, 0.717) is 0 Å². The Labute approximate surface area is 89.2 Å². The summed E-state index contributed by atoms with van der Waals surface area (Å²) >= 11 is 0. The average Bonchev–Trinajstić information content (AvgIpc) is 2.31. The van der Waals surface area contributed by atoms with E-state index in [2.05, 4.69) is 5.73 Å². The van der Waals surface area contributed by atoms with Crippen LogP contribution in [0.5, 0.6) is 0 Å². The molecule has 82 valence electrons. The summed E-state index contributed by atoms with van der Waals surface area (Å²) in [6.45, 7) is 2.42. The van der Waals surface area contributed by atoms with Gasteiger partial charge in [-0.2, -0.15) is 0 Å². The first-order valence-electron chi connectivity index (χ1n) is 5.40. The van der Waals surface area contributed by atoms with Crippen LogP contribution < -0.4 is 5.73 Å². The van der Waals surface area contributed by atoms with E-state index in [0.717, 1.165) is 32.6 Å². The molecule has 3 heteroatoms. The van der Waals surface area contributed by atoms with Crippen molar-refractivity contribution in [3.05, 3.63) is 35.6 Å². The van der Waals surface area contributed by atoms with Crippen molar-refractivity contribution in [2.75, 3.05) is 19.8 Å². The first-order chi connectivity index (χ1) is 7.27. The molecule has 0 amide bonds. The lowest BCUT2D eigenvalue weighted by Gasteiger charge is -2.34. The summed E-state index contributed by atoms with van der Waals surface area (Å²) in [5, 5.41) is 0. The van der Waals surface area contributed by atoms with Crippen molar-refractivity contribution in [3.63, 3.8) is 0 Å². The Bertz CT molecular complexity index is 317. The molecule has 1 fully saturated rings. The third-order valence-corrected chi connectivity index (χ3v) is 3.39. The van der Waals surface area contributed by atoms with E-state index in [1.54, 1.807) is 0 Å². The summed E-state index contributed by atoms with van der Waals surface area (Å²) in [5.41, 5.74) is 5.33. The molecule has 1 saturated heterocycles. The molecule has 0 spiro atoms. The van der Waals surface area contributed by atoms with Crippen LogP contribution in [0.4, 0.5) is 4.39 Å². The van der Waals surface area contributed by atoms with E-state index in [1.807, 2.05) is 12.1 Å². The molecule has 0 aromatic heterocycles. The van der Waals surface area contributed by atoms with Crippen LogP contribution in [-0.2, 0) is 10.2 Å². The van der Waals surface area contributed by atoms with Crippen LogP contribution >= 0.6 is 0 Å². The van der Waals surface area contributed by atoms with Gasteiger partial charge >= 0.3 is 0 Å². The van der Waals surface area contributed by atoms with E-state index < -0.39 is 0 Å². The van der Waals surface area contributed by atoms with Gasteiger partial charge in [-0.1, -0.05) is 12.1 Å². The molecule has 2 nitrogen and oxygen atoms in total. The summed E-state index contributed by atoms with van der Waals surface area (Å²) < 4.78 is 18.2. The van der Waals surface area contributed by atoms with Crippen molar-refractivity contribution in [1.82, 2.24) is 0 Å². The van der Waals surface area contributed by atoms with Gasteiger partial charge in [0.25, 0.3) is 0 Å². The molecular formula is C12H17FNO+. The van der Waals surface area contributed by atoms with E-state index >= 15 is 0 Å². The largest absolute Gasteiger partial charge is 0.381 e. The number of hydrogen-bond acceptors (Lipinski definition) is 1. The summed E-state index contributed by atoms with van der Waals surface area (Å²) in [6.07, 6.45) is 1.98. The molecule has 1 aromatic rings. The highest BCUT2D eigenvalue weighted by Crippen LogP contribution is 2.33. The topological polar surface area (TPSA) is 36.9 Å². The molecule has 0 radical (unpaired) electrons. The van der Waals surface area contributed by atoms with Crippen molar-refractivity contribution < 1.29 is 14.9 Å². The predicted octanol–water partition coefficient (Wildman–Crippen LogP) is 1.12. The first-order valence-corrected chi connectivity index (χ1v) is 5.40. The Hall–Kier alpha value is -0.930. The number of rotatable bonds is 2. The van der Waals surface area contributed by atoms with Gasteiger partial charge < -0.3 is 10.5 Å². The lowest BCUT2D eigenvalue weighted by molar-refractivity contribution is -0.386. The second-order valence-electron chi connectivity index (χ2n) is 4.15. The highest BCUT2D eigenvalue weighted by atomic mass is 19.1. The van der Waals surface area contributed by atoms with Crippen LogP contribution in [0.15, 0.2) is 24.3 Å².